The van der Waals surface area contributed by atoms with Gasteiger partial charge in [-0.05, 0) is 24.3 Å². The van der Waals surface area contributed by atoms with Crippen LogP contribution >= 0.6 is 11.6 Å². The van der Waals surface area contributed by atoms with Gasteiger partial charge in [0.1, 0.15) is 12.3 Å². The zero-order valence-electron chi connectivity index (χ0n) is 11.3. The zero-order valence-corrected chi connectivity index (χ0v) is 12.1. The molecule has 2 heterocycles. The van der Waals surface area contributed by atoms with Crippen LogP contribution in [0, 0.1) is 0 Å². The van der Waals surface area contributed by atoms with Crippen molar-refractivity contribution in [2.75, 3.05) is 23.4 Å². The highest BCUT2D eigenvalue weighted by Gasteiger charge is 2.27. The summed E-state index contributed by atoms with van der Waals surface area (Å²) < 4.78 is 5.32. The fourth-order valence-electron chi connectivity index (χ4n) is 2.06. The Morgan fingerprint density at radius 3 is 3.00 bits per heavy atom. The monoisotopic (exact) mass is 318 g/mol. The molecule has 0 saturated heterocycles. The second-order valence-electron chi connectivity index (χ2n) is 4.56. The van der Waals surface area contributed by atoms with E-state index in [-0.39, 0.29) is 25.0 Å². The maximum absolute atomic E-state index is 12.1. The van der Waals surface area contributed by atoms with Crippen molar-refractivity contribution in [1.29, 1.82) is 0 Å². The fourth-order valence-corrected chi connectivity index (χ4v) is 2.22. The van der Waals surface area contributed by atoms with E-state index in [1.165, 1.54) is 17.3 Å². The summed E-state index contributed by atoms with van der Waals surface area (Å²) in [5.41, 5.74) is 0.985. The van der Waals surface area contributed by atoms with E-state index in [1.54, 1.807) is 24.3 Å². The molecule has 0 fully saturated rings. The molecule has 0 aliphatic carbocycles. The molecule has 1 aliphatic heterocycles. The molecule has 0 atom stereocenters. The van der Waals surface area contributed by atoms with Crippen molar-refractivity contribution < 1.29 is 14.3 Å². The van der Waals surface area contributed by atoms with E-state index in [1.807, 2.05) is 0 Å². The lowest BCUT2D eigenvalue weighted by Gasteiger charge is -2.28. The second kappa shape index (κ2) is 5.98. The molecule has 0 unspecified atom stereocenters. The number of rotatable bonds is 3. The van der Waals surface area contributed by atoms with Gasteiger partial charge in [0.25, 0.3) is 5.91 Å². The van der Waals surface area contributed by atoms with E-state index in [0.29, 0.717) is 22.1 Å². The van der Waals surface area contributed by atoms with Crippen LogP contribution in [-0.4, -0.2) is 35.2 Å². The molecular weight excluding hydrogens is 308 g/mol. The van der Waals surface area contributed by atoms with E-state index in [0.717, 1.165) is 0 Å². The summed E-state index contributed by atoms with van der Waals surface area (Å²) in [6.45, 7) is -0.253. The molecule has 22 heavy (non-hydrogen) atoms. The van der Waals surface area contributed by atoms with Crippen LogP contribution in [0.4, 0.5) is 11.4 Å². The number of anilines is 2. The van der Waals surface area contributed by atoms with E-state index >= 15 is 0 Å². The lowest BCUT2D eigenvalue weighted by atomic mass is 10.2. The minimum Gasteiger partial charge on any atom is -0.482 e. The Kier molecular flexibility index (Phi) is 3.88. The van der Waals surface area contributed by atoms with Crippen LogP contribution in [0.5, 0.6) is 5.75 Å². The third-order valence-corrected chi connectivity index (χ3v) is 3.27. The molecule has 1 aliphatic rings. The fraction of sp³-hybridized carbons (Fsp3) is 0.143. The molecule has 8 heteroatoms. The number of aromatic nitrogens is 2. The summed E-state index contributed by atoms with van der Waals surface area (Å²) in [7, 11) is 0. The van der Waals surface area contributed by atoms with Gasteiger partial charge in [-0.25, -0.2) is 0 Å². The Morgan fingerprint density at radius 1 is 1.36 bits per heavy atom. The lowest BCUT2D eigenvalue weighted by Crippen LogP contribution is -2.43. The molecule has 112 valence electrons. The van der Waals surface area contributed by atoms with Gasteiger partial charge in [0.2, 0.25) is 5.91 Å². The number of fused-ring (bicyclic) bond motifs is 1. The van der Waals surface area contributed by atoms with Crippen molar-refractivity contribution >= 4 is 34.8 Å². The van der Waals surface area contributed by atoms with Crippen LogP contribution in [-0.2, 0) is 9.59 Å². The lowest BCUT2D eigenvalue weighted by molar-refractivity contribution is -0.123. The van der Waals surface area contributed by atoms with Gasteiger partial charge in [-0.2, -0.15) is 10.2 Å². The van der Waals surface area contributed by atoms with Crippen LogP contribution in [0.15, 0.2) is 36.7 Å². The van der Waals surface area contributed by atoms with Crippen molar-refractivity contribution in [3.8, 4) is 5.75 Å². The van der Waals surface area contributed by atoms with Crippen LogP contribution in [0.25, 0.3) is 0 Å². The molecule has 0 saturated carbocycles. The van der Waals surface area contributed by atoms with Crippen LogP contribution in [0.2, 0.25) is 5.02 Å². The van der Waals surface area contributed by atoms with Crippen LogP contribution in [0.1, 0.15) is 0 Å². The third kappa shape index (κ3) is 2.99. The minimum absolute atomic E-state index is 0.112. The van der Waals surface area contributed by atoms with Crippen molar-refractivity contribution in [1.82, 2.24) is 10.2 Å². The summed E-state index contributed by atoms with van der Waals surface area (Å²) in [6, 6.07) is 6.53. The predicted octanol–water partition coefficient (Wildman–Crippen LogP) is 1.49. The molecule has 1 aromatic heterocycles. The molecule has 0 radical (unpaired) electrons. The SMILES string of the molecule is O=C(CN1C(=O)COc2ccc(Cl)cc21)Nc1ccnnc1. The van der Waals surface area contributed by atoms with Gasteiger partial charge >= 0.3 is 0 Å². The number of hydrogen-bond donors (Lipinski definition) is 1. The summed E-state index contributed by atoms with van der Waals surface area (Å²) >= 11 is 5.95. The Balaban J connectivity index is 1.78. The molecule has 3 rings (SSSR count). The Labute approximate surface area is 130 Å². The number of nitrogens with zero attached hydrogens (tertiary/aromatic N) is 3. The van der Waals surface area contributed by atoms with Gasteiger partial charge in [0.05, 0.1) is 23.8 Å². The Bertz CT molecular complexity index is 723. The average molecular weight is 319 g/mol. The molecule has 2 aromatic rings. The minimum atomic E-state index is -0.353. The number of carbonyl (C=O) groups excluding carboxylic acids is 2. The van der Waals surface area contributed by atoms with E-state index in [9.17, 15) is 9.59 Å². The van der Waals surface area contributed by atoms with Gasteiger partial charge in [0.15, 0.2) is 6.61 Å². The first-order chi connectivity index (χ1) is 10.6. The summed E-state index contributed by atoms with van der Waals surface area (Å²) in [4.78, 5) is 25.4. The van der Waals surface area contributed by atoms with Gasteiger partial charge in [-0.3, -0.25) is 14.5 Å². The smallest absolute Gasteiger partial charge is 0.265 e. The quantitative estimate of drug-likeness (QED) is 0.927. The first-order valence-electron chi connectivity index (χ1n) is 6.43. The highest BCUT2D eigenvalue weighted by atomic mass is 35.5. The summed E-state index contributed by atoms with van der Waals surface area (Å²) in [6.07, 6.45) is 2.88. The van der Waals surface area contributed by atoms with Gasteiger partial charge in [-0.15, -0.1) is 0 Å². The van der Waals surface area contributed by atoms with E-state index in [4.69, 9.17) is 16.3 Å². The number of nitrogens with one attached hydrogen (secondary N) is 1. The summed E-state index contributed by atoms with van der Waals surface area (Å²) in [5, 5.41) is 10.4. The Hall–Kier alpha value is -2.67. The largest absolute Gasteiger partial charge is 0.482 e. The molecular formula is C14H11ClN4O3. The van der Waals surface area contributed by atoms with Crippen molar-refractivity contribution in [3.63, 3.8) is 0 Å². The number of amides is 2. The molecule has 2 amide bonds. The standard InChI is InChI=1S/C14H11ClN4O3/c15-9-1-2-12-11(5-9)19(14(21)8-22-12)7-13(20)18-10-3-4-16-17-6-10/h1-6H,7-8H2,(H,16,18,20). The molecule has 7 nitrogen and oxygen atoms in total. The first kappa shape index (κ1) is 14.3. The third-order valence-electron chi connectivity index (χ3n) is 3.03. The van der Waals surface area contributed by atoms with Crippen molar-refractivity contribution in [2.24, 2.45) is 0 Å². The van der Waals surface area contributed by atoms with Crippen LogP contribution < -0.4 is 15.0 Å². The normalized spacial score (nSPS) is 13.3. The molecule has 1 aromatic carbocycles. The van der Waals surface area contributed by atoms with Crippen LogP contribution in [0.3, 0.4) is 0 Å². The maximum atomic E-state index is 12.1. The average Bonchev–Trinajstić information content (AvgIpc) is 2.51. The second-order valence-corrected chi connectivity index (χ2v) is 5.00. The maximum Gasteiger partial charge on any atom is 0.265 e. The topological polar surface area (TPSA) is 84.4 Å². The first-order valence-corrected chi connectivity index (χ1v) is 6.80. The number of benzene rings is 1. The van der Waals surface area contributed by atoms with Gasteiger partial charge < -0.3 is 10.1 Å². The molecule has 0 spiro atoms. The number of hydrogen-bond acceptors (Lipinski definition) is 5. The zero-order chi connectivity index (χ0) is 15.5. The van der Waals surface area contributed by atoms with E-state index < -0.39 is 0 Å². The van der Waals surface area contributed by atoms with Crippen molar-refractivity contribution in [3.05, 3.63) is 41.7 Å². The van der Waals surface area contributed by atoms with Gasteiger partial charge in [0, 0.05) is 5.02 Å². The molecule has 1 N–H and O–H groups in total. The van der Waals surface area contributed by atoms with Crippen molar-refractivity contribution in [2.45, 2.75) is 0 Å². The number of carbonyl (C=O) groups is 2. The highest BCUT2D eigenvalue weighted by Crippen LogP contribution is 2.34. The Morgan fingerprint density at radius 2 is 2.23 bits per heavy atom. The predicted molar refractivity (Wildman–Crippen MR) is 80.0 cm³/mol. The number of halogens is 1. The van der Waals surface area contributed by atoms with E-state index in [2.05, 4.69) is 15.5 Å². The summed E-state index contributed by atoms with van der Waals surface area (Å²) in [5.74, 6) is -0.144. The van der Waals surface area contributed by atoms with Gasteiger partial charge in [-0.1, -0.05) is 11.6 Å². The number of ether oxygens (including phenoxy) is 1. The molecule has 0 bridgehead atoms. The highest BCUT2D eigenvalue weighted by molar-refractivity contribution is 6.31.